The van der Waals surface area contributed by atoms with Crippen molar-refractivity contribution in [3.8, 4) is 23.1 Å². The van der Waals surface area contributed by atoms with Crippen LogP contribution in [0.25, 0.3) is 11.3 Å². The molecule has 0 bridgehead atoms. The molecule has 0 saturated carbocycles. The SMILES string of the molecule is COc1ccc(-c2cc(C(=O)O)ccn2)cc1C#N. The normalized spacial score (nSPS) is 9.68. The van der Waals surface area contributed by atoms with Gasteiger partial charge in [0.05, 0.1) is 23.9 Å². The van der Waals surface area contributed by atoms with E-state index in [0.717, 1.165) is 0 Å². The van der Waals surface area contributed by atoms with E-state index < -0.39 is 5.97 Å². The minimum Gasteiger partial charge on any atom is -0.495 e. The minimum atomic E-state index is -1.02. The number of methoxy groups -OCH3 is 1. The van der Waals surface area contributed by atoms with E-state index in [1.165, 1.54) is 25.4 Å². The van der Waals surface area contributed by atoms with Crippen LogP contribution in [0.1, 0.15) is 15.9 Å². The second-order valence-electron chi connectivity index (χ2n) is 3.76. The molecule has 0 atom stereocenters. The van der Waals surface area contributed by atoms with Crippen molar-refractivity contribution < 1.29 is 14.6 Å². The van der Waals surface area contributed by atoms with Crippen molar-refractivity contribution in [1.82, 2.24) is 4.98 Å². The summed E-state index contributed by atoms with van der Waals surface area (Å²) < 4.78 is 5.05. The molecule has 0 fully saturated rings. The van der Waals surface area contributed by atoms with Gasteiger partial charge in [0.15, 0.2) is 0 Å². The Morgan fingerprint density at radius 1 is 1.37 bits per heavy atom. The summed E-state index contributed by atoms with van der Waals surface area (Å²) >= 11 is 0. The van der Waals surface area contributed by atoms with Gasteiger partial charge in [-0.1, -0.05) is 0 Å². The number of carboxylic acids is 1. The highest BCUT2D eigenvalue weighted by Crippen LogP contribution is 2.25. The molecule has 1 heterocycles. The number of aromatic carboxylic acids is 1. The molecule has 0 radical (unpaired) electrons. The Kier molecular flexibility index (Phi) is 3.44. The molecule has 2 rings (SSSR count). The van der Waals surface area contributed by atoms with E-state index in [9.17, 15) is 4.79 Å². The van der Waals surface area contributed by atoms with E-state index in [0.29, 0.717) is 22.6 Å². The number of hydrogen-bond donors (Lipinski definition) is 1. The largest absolute Gasteiger partial charge is 0.495 e. The highest BCUT2D eigenvalue weighted by atomic mass is 16.5. The summed E-state index contributed by atoms with van der Waals surface area (Å²) in [5.74, 6) is -0.543. The molecule has 1 aromatic carbocycles. The second-order valence-corrected chi connectivity index (χ2v) is 3.76. The fourth-order valence-corrected chi connectivity index (χ4v) is 1.68. The maximum atomic E-state index is 10.9. The lowest BCUT2D eigenvalue weighted by atomic mass is 10.1. The molecule has 19 heavy (non-hydrogen) atoms. The summed E-state index contributed by atoms with van der Waals surface area (Å²) in [6.45, 7) is 0. The number of hydrogen-bond acceptors (Lipinski definition) is 4. The highest BCUT2D eigenvalue weighted by molar-refractivity contribution is 5.88. The van der Waals surface area contributed by atoms with Crippen molar-refractivity contribution >= 4 is 5.97 Å². The van der Waals surface area contributed by atoms with E-state index in [2.05, 4.69) is 4.98 Å². The molecule has 0 aliphatic rings. The third-order valence-electron chi connectivity index (χ3n) is 2.62. The predicted molar refractivity (Wildman–Crippen MR) is 67.9 cm³/mol. The fraction of sp³-hybridized carbons (Fsp3) is 0.0714. The quantitative estimate of drug-likeness (QED) is 0.908. The van der Waals surface area contributed by atoms with Crippen molar-refractivity contribution in [3.05, 3.63) is 47.7 Å². The molecule has 0 amide bonds. The van der Waals surface area contributed by atoms with E-state index in [1.807, 2.05) is 6.07 Å². The highest BCUT2D eigenvalue weighted by Gasteiger charge is 2.09. The Labute approximate surface area is 109 Å². The average molecular weight is 254 g/mol. The lowest BCUT2D eigenvalue weighted by molar-refractivity contribution is 0.0697. The van der Waals surface area contributed by atoms with Crippen LogP contribution in [0.3, 0.4) is 0 Å². The van der Waals surface area contributed by atoms with Crippen LogP contribution in [0.15, 0.2) is 36.5 Å². The number of aromatic nitrogens is 1. The summed E-state index contributed by atoms with van der Waals surface area (Å²) in [6, 6.07) is 9.91. The molecule has 2 aromatic rings. The Morgan fingerprint density at radius 3 is 2.79 bits per heavy atom. The zero-order chi connectivity index (χ0) is 13.8. The molecule has 5 nitrogen and oxygen atoms in total. The van der Waals surface area contributed by atoms with E-state index in [1.54, 1.807) is 18.2 Å². The van der Waals surface area contributed by atoms with E-state index >= 15 is 0 Å². The van der Waals surface area contributed by atoms with Gasteiger partial charge in [-0.15, -0.1) is 0 Å². The van der Waals surface area contributed by atoms with Crippen LogP contribution in [0.4, 0.5) is 0 Å². The fourth-order valence-electron chi connectivity index (χ4n) is 1.68. The monoisotopic (exact) mass is 254 g/mol. The van der Waals surface area contributed by atoms with E-state index in [-0.39, 0.29) is 5.56 Å². The van der Waals surface area contributed by atoms with Crippen LogP contribution in [0, 0.1) is 11.3 Å². The van der Waals surface area contributed by atoms with Crippen LogP contribution in [0.2, 0.25) is 0 Å². The first-order valence-electron chi connectivity index (χ1n) is 5.43. The minimum absolute atomic E-state index is 0.152. The molecule has 94 valence electrons. The third kappa shape index (κ3) is 2.53. The van der Waals surface area contributed by atoms with Crippen LogP contribution >= 0.6 is 0 Å². The number of carbonyl (C=O) groups is 1. The number of rotatable bonds is 3. The van der Waals surface area contributed by atoms with Gasteiger partial charge in [-0.3, -0.25) is 4.98 Å². The van der Waals surface area contributed by atoms with Gasteiger partial charge in [0.25, 0.3) is 0 Å². The predicted octanol–water partition coefficient (Wildman–Crippen LogP) is 2.33. The first-order chi connectivity index (χ1) is 9.15. The van der Waals surface area contributed by atoms with Gasteiger partial charge >= 0.3 is 5.97 Å². The Hall–Kier alpha value is -2.87. The van der Waals surface area contributed by atoms with Gasteiger partial charge in [0.1, 0.15) is 11.8 Å². The topological polar surface area (TPSA) is 83.2 Å². The Morgan fingerprint density at radius 2 is 2.16 bits per heavy atom. The summed E-state index contributed by atoms with van der Waals surface area (Å²) in [6.07, 6.45) is 1.43. The lowest BCUT2D eigenvalue weighted by Crippen LogP contribution is -1.97. The van der Waals surface area contributed by atoms with Crippen LogP contribution < -0.4 is 4.74 Å². The molecule has 0 unspecified atom stereocenters. The molecular weight excluding hydrogens is 244 g/mol. The summed E-state index contributed by atoms with van der Waals surface area (Å²) in [7, 11) is 1.49. The first kappa shape index (κ1) is 12.6. The summed E-state index contributed by atoms with van der Waals surface area (Å²) in [4.78, 5) is 15.0. The van der Waals surface area contributed by atoms with Crippen molar-refractivity contribution in [2.75, 3.05) is 7.11 Å². The second kappa shape index (κ2) is 5.19. The molecule has 1 aromatic heterocycles. The van der Waals surface area contributed by atoms with Crippen molar-refractivity contribution in [1.29, 1.82) is 5.26 Å². The average Bonchev–Trinajstić information content (AvgIpc) is 2.46. The van der Waals surface area contributed by atoms with Crippen molar-refractivity contribution in [3.63, 3.8) is 0 Å². The number of nitrogens with zero attached hydrogens (tertiary/aromatic N) is 2. The van der Waals surface area contributed by atoms with Gasteiger partial charge in [-0.25, -0.2) is 4.79 Å². The van der Waals surface area contributed by atoms with Gasteiger partial charge in [0, 0.05) is 11.8 Å². The number of pyridine rings is 1. The standard InChI is InChI=1S/C14H10N2O3/c1-19-13-3-2-9(6-11(13)8-15)12-7-10(14(17)18)4-5-16-12/h2-7H,1H3,(H,17,18). The number of ether oxygens (including phenoxy) is 1. The Balaban J connectivity index is 2.51. The smallest absolute Gasteiger partial charge is 0.335 e. The Bertz CT molecular complexity index is 675. The summed E-state index contributed by atoms with van der Waals surface area (Å²) in [5.41, 5.74) is 1.70. The molecule has 0 aliphatic carbocycles. The van der Waals surface area contributed by atoms with Crippen LogP contribution in [0.5, 0.6) is 5.75 Å². The molecule has 5 heteroatoms. The number of carboxylic acid groups (broad SMARTS) is 1. The van der Waals surface area contributed by atoms with Crippen molar-refractivity contribution in [2.45, 2.75) is 0 Å². The molecular formula is C14H10N2O3. The maximum Gasteiger partial charge on any atom is 0.335 e. The third-order valence-corrected chi connectivity index (χ3v) is 2.62. The zero-order valence-electron chi connectivity index (χ0n) is 10.1. The summed E-state index contributed by atoms with van der Waals surface area (Å²) in [5, 5.41) is 18.0. The number of nitriles is 1. The molecule has 0 saturated heterocycles. The molecule has 0 aliphatic heterocycles. The van der Waals surface area contributed by atoms with Gasteiger partial charge in [0.2, 0.25) is 0 Å². The lowest BCUT2D eigenvalue weighted by Gasteiger charge is -2.06. The molecule has 1 N–H and O–H groups in total. The van der Waals surface area contributed by atoms with Crippen LogP contribution in [-0.4, -0.2) is 23.2 Å². The maximum absolute atomic E-state index is 10.9. The number of benzene rings is 1. The van der Waals surface area contributed by atoms with Gasteiger partial charge in [-0.05, 0) is 30.3 Å². The van der Waals surface area contributed by atoms with E-state index in [4.69, 9.17) is 15.1 Å². The van der Waals surface area contributed by atoms with Crippen molar-refractivity contribution in [2.24, 2.45) is 0 Å². The van der Waals surface area contributed by atoms with Gasteiger partial charge in [-0.2, -0.15) is 5.26 Å². The van der Waals surface area contributed by atoms with Crippen LogP contribution in [-0.2, 0) is 0 Å². The molecule has 0 spiro atoms. The zero-order valence-corrected chi connectivity index (χ0v) is 10.1. The van der Waals surface area contributed by atoms with Gasteiger partial charge < -0.3 is 9.84 Å². The first-order valence-corrected chi connectivity index (χ1v) is 5.43.